The Morgan fingerprint density at radius 2 is 1.95 bits per heavy atom. The summed E-state index contributed by atoms with van der Waals surface area (Å²) in [6, 6.07) is 8.83. The number of hydrogen-bond acceptors (Lipinski definition) is 6. The number of aliphatic hydroxyl groups is 1. The predicted molar refractivity (Wildman–Crippen MR) is 83.0 cm³/mol. The fourth-order valence-corrected chi connectivity index (χ4v) is 1.97. The number of ether oxygens (including phenoxy) is 1. The first kappa shape index (κ1) is 18.3. The number of hydrogen-bond donors (Lipinski definition) is 3. The Morgan fingerprint density at radius 1 is 1.27 bits per heavy atom. The molecule has 6 nitrogen and oxygen atoms in total. The van der Waals surface area contributed by atoms with E-state index in [9.17, 15) is 14.7 Å². The zero-order valence-corrected chi connectivity index (χ0v) is 13.0. The fourth-order valence-electron chi connectivity index (χ4n) is 1.97. The van der Waals surface area contributed by atoms with Gasteiger partial charge in [-0.1, -0.05) is 30.3 Å². The first-order chi connectivity index (χ1) is 10.5. The Hall–Kier alpha value is -1.76. The van der Waals surface area contributed by atoms with Gasteiger partial charge in [0.25, 0.3) is 6.41 Å². The molecule has 22 heavy (non-hydrogen) atoms. The lowest BCUT2D eigenvalue weighted by atomic mass is 10.0. The number of carbonyl (C=O) groups excluding carboxylic acids is 2. The SMILES string of the molecule is CNCCCC(=O)OC(O)N[C@@H](Cc1ccccc1)C(C)=O. The standard InChI is InChI=1S/C16H24N2O4/c1-12(19)14(11-13-7-4-3-5-8-13)18-16(21)22-15(20)9-6-10-17-2/h3-5,7-8,14,16-18,21H,6,9-11H2,1-2H3/t14-,16?/m0/s1. The Bertz CT molecular complexity index is 464. The van der Waals surface area contributed by atoms with E-state index in [0.717, 1.165) is 5.56 Å². The van der Waals surface area contributed by atoms with Crippen molar-refractivity contribution in [2.45, 2.75) is 38.6 Å². The van der Waals surface area contributed by atoms with Crippen LogP contribution in [0.2, 0.25) is 0 Å². The van der Waals surface area contributed by atoms with Gasteiger partial charge >= 0.3 is 5.97 Å². The van der Waals surface area contributed by atoms with Gasteiger partial charge in [0.2, 0.25) is 0 Å². The van der Waals surface area contributed by atoms with E-state index in [4.69, 9.17) is 4.74 Å². The minimum absolute atomic E-state index is 0.130. The van der Waals surface area contributed by atoms with Crippen LogP contribution in [0.25, 0.3) is 0 Å². The lowest BCUT2D eigenvalue weighted by molar-refractivity contribution is -0.175. The average Bonchev–Trinajstić information content (AvgIpc) is 2.47. The van der Waals surface area contributed by atoms with Crippen LogP contribution in [0, 0.1) is 0 Å². The highest BCUT2D eigenvalue weighted by atomic mass is 16.7. The molecule has 0 aromatic heterocycles. The van der Waals surface area contributed by atoms with Gasteiger partial charge in [0, 0.05) is 6.42 Å². The maximum atomic E-state index is 11.7. The molecule has 0 spiro atoms. The summed E-state index contributed by atoms with van der Waals surface area (Å²) in [5, 5.41) is 15.3. The summed E-state index contributed by atoms with van der Waals surface area (Å²) in [6.07, 6.45) is -0.227. The molecule has 0 saturated heterocycles. The van der Waals surface area contributed by atoms with Crippen LogP contribution in [-0.4, -0.2) is 42.9 Å². The van der Waals surface area contributed by atoms with Gasteiger partial charge in [0.05, 0.1) is 6.04 Å². The molecule has 0 radical (unpaired) electrons. The number of benzene rings is 1. The summed E-state index contributed by atoms with van der Waals surface area (Å²) in [7, 11) is 1.79. The highest BCUT2D eigenvalue weighted by Crippen LogP contribution is 2.05. The second-order valence-electron chi connectivity index (χ2n) is 5.07. The number of esters is 1. The molecule has 0 heterocycles. The van der Waals surface area contributed by atoms with E-state index in [2.05, 4.69) is 10.6 Å². The molecule has 122 valence electrons. The summed E-state index contributed by atoms with van der Waals surface area (Å²) in [4.78, 5) is 23.2. The summed E-state index contributed by atoms with van der Waals surface area (Å²) in [5.74, 6) is -0.633. The van der Waals surface area contributed by atoms with Gasteiger partial charge in [-0.3, -0.25) is 9.59 Å². The molecule has 1 unspecified atom stereocenters. The molecule has 0 bridgehead atoms. The molecular weight excluding hydrogens is 284 g/mol. The molecule has 0 aliphatic heterocycles. The maximum Gasteiger partial charge on any atom is 0.309 e. The van der Waals surface area contributed by atoms with E-state index in [1.54, 1.807) is 7.05 Å². The van der Waals surface area contributed by atoms with Crippen molar-refractivity contribution < 1.29 is 19.4 Å². The van der Waals surface area contributed by atoms with Gasteiger partial charge in [-0.05, 0) is 38.9 Å². The minimum atomic E-state index is -1.49. The Labute approximate surface area is 130 Å². The van der Waals surface area contributed by atoms with Gasteiger partial charge in [0.15, 0.2) is 0 Å². The van der Waals surface area contributed by atoms with Crippen molar-refractivity contribution in [3.05, 3.63) is 35.9 Å². The van der Waals surface area contributed by atoms with Crippen LogP contribution in [0.1, 0.15) is 25.3 Å². The van der Waals surface area contributed by atoms with Gasteiger partial charge in [0.1, 0.15) is 5.78 Å². The highest BCUT2D eigenvalue weighted by Gasteiger charge is 2.20. The van der Waals surface area contributed by atoms with Crippen LogP contribution in [0.5, 0.6) is 0 Å². The number of carbonyl (C=O) groups is 2. The zero-order valence-electron chi connectivity index (χ0n) is 13.0. The third kappa shape index (κ3) is 7.31. The van der Waals surface area contributed by atoms with Crippen molar-refractivity contribution in [2.75, 3.05) is 13.6 Å². The molecule has 3 N–H and O–H groups in total. The van der Waals surface area contributed by atoms with Crippen molar-refractivity contribution in [3.63, 3.8) is 0 Å². The number of ketones is 1. The molecule has 2 atom stereocenters. The van der Waals surface area contributed by atoms with E-state index in [1.165, 1.54) is 6.92 Å². The molecule has 0 saturated carbocycles. The van der Waals surface area contributed by atoms with Gasteiger partial charge in [-0.2, -0.15) is 0 Å². The first-order valence-electron chi connectivity index (χ1n) is 7.35. The quantitative estimate of drug-likeness (QED) is 0.333. The second-order valence-corrected chi connectivity index (χ2v) is 5.07. The number of nitrogens with one attached hydrogen (secondary N) is 2. The second kappa shape index (κ2) is 10.0. The van der Waals surface area contributed by atoms with Crippen LogP contribution < -0.4 is 10.6 Å². The molecule has 0 aliphatic rings. The predicted octanol–water partition coefficient (Wildman–Crippen LogP) is 0.595. The average molecular weight is 308 g/mol. The van der Waals surface area contributed by atoms with E-state index in [0.29, 0.717) is 19.4 Å². The topological polar surface area (TPSA) is 87.7 Å². The monoisotopic (exact) mass is 308 g/mol. The Morgan fingerprint density at radius 3 is 2.55 bits per heavy atom. The smallest absolute Gasteiger partial charge is 0.309 e. The molecule has 1 aromatic rings. The Kier molecular flexibility index (Phi) is 8.35. The summed E-state index contributed by atoms with van der Waals surface area (Å²) in [5.41, 5.74) is 0.961. The van der Waals surface area contributed by atoms with E-state index in [-0.39, 0.29) is 12.2 Å². The molecule has 0 fully saturated rings. The first-order valence-corrected chi connectivity index (χ1v) is 7.35. The number of rotatable bonds is 10. The molecule has 0 aliphatic carbocycles. The molecular formula is C16H24N2O4. The lowest BCUT2D eigenvalue weighted by Gasteiger charge is -2.20. The number of aliphatic hydroxyl groups excluding tert-OH is 1. The third-order valence-electron chi connectivity index (χ3n) is 3.17. The van der Waals surface area contributed by atoms with E-state index >= 15 is 0 Å². The van der Waals surface area contributed by atoms with Crippen LogP contribution in [0.4, 0.5) is 0 Å². The van der Waals surface area contributed by atoms with Crippen LogP contribution >= 0.6 is 0 Å². The lowest BCUT2D eigenvalue weighted by Crippen LogP contribution is -2.45. The van der Waals surface area contributed by atoms with Gasteiger partial charge in [-0.25, -0.2) is 5.32 Å². The van der Waals surface area contributed by atoms with Crippen molar-refractivity contribution in [2.24, 2.45) is 0 Å². The van der Waals surface area contributed by atoms with Crippen molar-refractivity contribution in [1.29, 1.82) is 0 Å². The summed E-state index contributed by atoms with van der Waals surface area (Å²) in [6.45, 7) is 2.13. The third-order valence-corrected chi connectivity index (χ3v) is 3.17. The van der Waals surface area contributed by atoms with E-state index in [1.807, 2.05) is 30.3 Å². The fraction of sp³-hybridized carbons (Fsp3) is 0.500. The summed E-state index contributed by atoms with van der Waals surface area (Å²) >= 11 is 0. The molecule has 1 rings (SSSR count). The molecule has 0 amide bonds. The highest BCUT2D eigenvalue weighted by molar-refractivity contribution is 5.81. The largest absolute Gasteiger partial charge is 0.422 e. The minimum Gasteiger partial charge on any atom is -0.422 e. The van der Waals surface area contributed by atoms with Gasteiger partial charge in [-0.15, -0.1) is 0 Å². The van der Waals surface area contributed by atoms with Crippen molar-refractivity contribution in [1.82, 2.24) is 10.6 Å². The van der Waals surface area contributed by atoms with Crippen LogP contribution in [0.15, 0.2) is 30.3 Å². The maximum absolute atomic E-state index is 11.7. The van der Waals surface area contributed by atoms with Crippen LogP contribution in [-0.2, 0) is 20.7 Å². The summed E-state index contributed by atoms with van der Waals surface area (Å²) < 4.78 is 4.84. The van der Waals surface area contributed by atoms with Gasteiger partial charge < -0.3 is 15.2 Å². The normalized spacial score (nSPS) is 13.4. The number of Topliss-reactive ketones (excluding diaryl/α,β-unsaturated/α-hetero) is 1. The van der Waals surface area contributed by atoms with Crippen molar-refractivity contribution >= 4 is 11.8 Å². The van der Waals surface area contributed by atoms with E-state index < -0.39 is 18.4 Å². The zero-order chi connectivity index (χ0) is 16.4. The van der Waals surface area contributed by atoms with Crippen molar-refractivity contribution in [3.8, 4) is 0 Å². The van der Waals surface area contributed by atoms with Crippen LogP contribution in [0.3, 0.4) is 0 Å². The Balaban J connectivity index is 2.45. The molecule has 1 aromatic carbocycles. The molecule has 6 heteroatoms.